The Bertz CT molecular complexity index is 694. The number of halogens is 1. The molecule has 3 rings (SSSR count). The van der Waals surface area contributed by atoms with Gasteiger partial charge in [0.2, 0.25) is 0 Å². The second-order valence-electron chi connectivity index (χ2n) is 9.84. The first-order valence-corrected chi connectivity index (χ1v) is 9.69. The molecule has 0 aromatic heterocycles. The molecule has 0 radical (unpaired) electrons. The van der Waals surface area contributed by atoms with Crippen LogP contribution in [0.1, 0.15) is 64.9 Å². The largest absolute Gasteiger partial charge is 0.426 e. The lowest BCUT2D eigenvalue weighted by Gasteiger charge is -2.47. The van der Waals surface area contributed by atoms with Gasteiger partial charge in [0.1, 0.15) is 11.6 Å². The van der Waals surface area contributed by atoms with E-state index < -0.39 is 5.41 Å². The van der Waals surface area contributed by atoms with Crippen molar-refractivity contribution in [3.63, 3.8) is 0 Å². The topological polar surface area (TPSA) is 29.5 Å². The fourth-order valence-electron chi connectivity index (χ4n) is 5.25. The summed E-state index contributed by atoms with van der Waals surface area (Å²) >= 11 is 0. The number of ether oxygens (including phenoxy) is 1. The number of likely N-dealkylation sites (N-methyl/N-ethyl adjacent to an activating group) is 1. The average molecular weight is 362 g/mol. The Morgan fingerprint density at radius 1 is 1.31 bits per heavy atom. The molecule has 1 aromatic rings. The predicted molar refractivity (Wildman–Crippen MR) is 102 cm³/mol. The normalized spacial score (nSPS) is 31.3. The maximum absolute atomic E-state index is 14.8. The van der Waals surface area contributed by atoms with Crippen LogP contribution in [-0.4, -0.2) is 31.0 Å². The van der Waals surface area contributed by atoms with Crippen molar-refractivity contribution in [3.8, 4) is 5.75 Å². The third-order valence-corrected chi connectivity index (χ3v) is 6.31. The van der Waals surface area contributed by atoms with E-state index in [9.17, 15) is 9.18 Å². The molecule has 1 aromatic carbocycles. The summed E-state index contributed by atoms with van der Waals surface area (Å²) in [7, 11) is 4.20. The van der Waals surface area contributed by atoms with Crippen LogP contribution in [-0.2, 0) is 4.79 Å². The van der Waals surface area contributed by atoms with Crippen molar-refractivity contribution in [2.45, 2.75) is 65.3 Å². The van der Waals surface area contributed by atoms with Gasteiger partial charge < -0.3 is 9.64 Å². The summed E-state index contributed by atoms with van der Waals surface area (Å²) in [5.41, 5.74) is 0.334. The number of rotatable bonds is 3. The molecule has 3 nitrogen and oxygen atoms in total. The molecule has 4 atom stereocenters. The van der Waals surface area contributed by atoms with Gasteiger partial charge in [-0.2, -0.15) is 0 Å². The number of hydrogen-bond donors (Lipinski definition) is 0. The first-order valence-electron chi connectivity index (χ1n) is 9.69. The van der Waals surface area contributed by atoms with E-state index >= 15 is 0 Å². The number of hydrogen-bond acceptors (Lipinski definition) is 3. The van der Waals surface area contributed by atoms with Gasteiger partial charge in [-0.05, 0) is 95.6 Å². The van der Waals surface area contributed by atoms with Crippen LogP contribution in [0.4, 0.5) is 4.39 Å². The van der Waals surface area contributed by atoms with E-state index in [2.05, 4.69) is 25.9 Å². The van der Waals surface area contributed by atoms with Crippen LogP contribution in [0.25, 0.3) is 0 Å². The van der Waals surface area contributed by atoms with Crippen LogP contribution in [0.5, 0.6) is 5.75 Å². The monoisotopic (exact) mass is 361 g/mol. The number of nitrogens with zero attached hydrogens (tertiary/aromatic N) is 1. The molecule has 4 unspecified atom stereocenters. The molecule has 0 heterocycles. The lowest BCUT2D eigenvalue weighted by molar-refractivity contribution is -0.143. The molecule has 0 saturated heterocycles. The van der Waals surface area contributed by atoms with Crippen LogP contribution in [0.3, 0.4) is 0 Å². The fourth-order valence-corrected chi connectivity index (χ4v) is 5.25. The van der Waals surface area contributed by atoms with Gasteiger partial charge in [-0.25, -0.2) is 4.39 Å². The molecule has 2 aliphatic rings. The summed E-state index contributed by atoms with van der Waals surface area (Å²) in [5.74, 6) is 0.755. The minimum Gasteiger partial charge on any atom is -0.426 e. The molecule has 2 bridgehead atoms. The molecule has 0 amide bonds. The third kappa shape index (κ3) is 3.53. The SMILES string of the molecule is CN(C)C1C(c2cc(OC(=O)C(C)(C)C)ccc2F)CC2CCC1(C)C2. The maximum atomic E-state index is 14.8. The zero-order chi connectivity index (χ0) is 19.3. The summed E-state index contributed by atoms with van der Waals surface area (Å²) < 4.78 is 20.3. The average Bonchev–Trinajstić information content (AvgIpc) is 2.82. The molecule has 2 aliphatic carbocycles. The van der Waals surface area contributed by atoms with Crippen LogP contribution >= 0.6 is 0 Å². The molecule has 0 N–H and O–H groups in total. The maximum Gasteiger partial charge on any atom is 0.316 e. The van der Waals surface area contributed by atoms with E-state index in [0.717, 1.165) is 6.42 Å². The Morgan fingerprint density at radius 3 is 2.62 bits per heavy atom. The Morgan fingerprint density at radius 2 is 2.00 bits per heavy atom. The minimum absolute atomic E-state index is 0.129. The van der Waals surface area contributed by atoms with Crippen LogP contribution in [0, 0.1) is 22.6 Å². The number of carbonyl (C=O) groups is 1. The molecular formula is C22H32FNO2. The molecular weight excluding hydrogens is 329 g/mol. The number of fused-ring (bicyclic) bond motifs is 2. The Labute approximate surface area is 156 Å². The van der Waals surface area contributed by atoms with Crippen molar-refractivity contribution in [1.29, 1.82) is 0 Å². The smallest absolute Gasteiger partial charge is 0.316 e. The highest BCUT2D eigenvalue weighted by Crippen LogP contribution is 2.57. The summed E-state index contributed by atoms with van der Waals surface area (Å²) in [6.45, 7) is 7.82. The molecule has 0 aliphatic heterocycles. The van der Waals surface area contributed by atoms with Gasteiger partial charge in [0.15, 0.2) is 0 Å². The van der Waals surface area contributed by atoms with Crippen LogP contribution in [0.2, 0.25) is 0 Å². The van der Waals surface area contributed by atoms with E-state index in [4.69, 9.17) is 4.74 Å². The molecule has 2 saturated carbocycles. The Hall–Kier alpha value is -1.42. The zero-order valence-electron chi connectivity index (χ0n) is 16.9. The van der Waals surface area contributed by atoms with Crippen LogP contribution in [0.15, 0.2) is 18.2 Å². The quantitative estimate of drug-likeness (QED) is 0.560. The van der Waals surface area contributed by atoms with Gasteiger partial charge in [0.25, 0.3) is 0 Å². The molecule has 4 heteroatoms. The summed E-state index contributed by atoms with van der Waals surface area (Å²) in [6.07, 6.45) is 4.67. The summed E-state index contributed by atoms with van der Waals surface area (Å²) in [4.78, 5) is 14.5. The third-order valence-electron chi connectivity index (χ3n) is 6.31. The van der Waals surface area contributed by atoms with Gasteiger partial charge in [-0.15, -0.1) is 0 Å². The van der Waals surface area contributed by atoms with Crippen molar-refractivity contribution in [3.05, 3.63) is 29.6 Å². The van der Waals surface area contributed by atoms with E-state index in [0.29, 0.717) is 23.3 Å². The highest BCUT2D eigenvalue weighted by Gasteiger charge is 2.51. The van der Waals surface area contributed by atoms with Crippen molar-refractivity contribution >= 4 is 5.97 Å². The number of carbonyl (C=O) groups excluding carboxylic acids is 1. The van der Waals surface area contributed by atoms with Crippen molar-refractivity contribution < 1.29 is 13.9 Å². The lowest BCUT2D eigenvalue weighted by atomic mass is 9.65. The Balaban J connectivity index is 1.95. The van der Waals surface area contributed by atoms with Crippen molar-refractivity contribution in [1.82, 2.24) is 4.90 Å². The Kier molecular flexibility index (Phi) is 4.93. The molecule has 26 heavy (non-hydrogen) atoms. The van der Waals surface area contributed by atoms with Crippen molar-refractivity contribution in [2.75, 3.05) is 14.1 Å². The number of esters is 1. The van der Waals surface area contributed by atoms with E-state index in [1.807, 2.05) is 20.8 Å². The van der Waals surface area contributed by atoms with Gasteiger partial charge in [0, 0.05) is 12.0 Å². The standard InChI is InChI=1S/C22H32FNO2/c1-21(2,3)20(25)26-15-7-8-18(23)16(12-15)17-11-14-9-10-22(4,13-14)19(17)24(5)6/h7-8,12,14,17,19H,9-11,13H2,1-6H3. The predicted octanol–water partition coefficient (Wildman–Crippen LogP) is 5.00. The molecule has 144 valence electrons. The molecule has 2 fully saturated rings. The summed E-state index contributed by atoms with van der Waals surface area (Å²) in [5, 5.41) is 0. The lowest BCUT2D eigenvalue weighted by Crippen LogP contribution is -2.48. The zero-order valence-corrected chi connectivity index (χ0v) is 16.9. The fraction of sp³-hybridized carbons (Fsp3) is 0.682. The van der Waals surface area contributed by atoms with E-state index in [-0.39, 0.29) is 23.1 Å². The highest BCUT2D eigenvalue weighted by atomic mass is 19.1. The van der Waals surface area contributed by atoms with Crippen molar-refractivity contribution in [2.24, 2.45) is 16.7 Å². The number of benzene rings is 1. The van der Waals surface area contributed by atoms with Gasteiger partial charge in [0.05, 0.1) is 5.41 Å². The second kappa shape index (κ2) is 6.63. The van der Waals surface area contributed by atoms with Crippen LogP contribution < -0.4 is 4.74 Å². The molecule has 0 spiro atoms. The van der Waals surface area contributed by atoms with Gasteiger partial charge in [-0.3, -0.25) is 4.79 Å². The van der Waals surface area contributed by atoms with Gasteiger partial charge >= 0.3 is 5.97 Å². The first kappa shape index (κ1) is 19.3. The van der Waals surface area contributed by atoms with E-state index in [1.165, 1.54) is 25.3 Å². The summed E-state index contributed by atoms with van der Waals surface area (Å²) in [6, 6.07) is 5.07. The second-order valence-corrected chi connectivity index (χ2v) is 9.84. The van der Waals surface area contributed by atoms with Gasteiger partial charge in [-0.1, -0.05) is 6.92 Å². The minimum atomic E-state index is -0.585. The van der Waals surface area contributed by atoms with E-state index in [1.54, 1.807) is 12.1 Å². The highest BCUT2D eigenvalue weighted by molar-refractivity contribution is 5.77. The first-order chi connectivity index (χ1) is 12.0.